The molecule has 0 aromatic heterocycles. The number of alkyl halides is 3. The standard InChI is InChI=1S/C12H11ClF3NO3S/c1-7-4-8(6-9(5-7)21(13,19)20)10(18)17-11(2-3-11)12(14,15)16/h4-6H,2-3H2,1H3,(H,17,18). The van der Waals surface area contributed by atoms with Crippen LogP contribution in [0.15, 0.2) is 23.1 Å². The minimum atomic E-state index is -4.53. The number of rotatable bonds is 3. The number of carbonyl (C=O) groups excluding carboxylic acids is 1. The van der Waals surface area contributed by atoms with Gasteiger partial charge < -0.3 is 5.32 Å². The van der Waals surface area contributed by atoms with E-state index in [0.29, 0.717) is 5.56 Å². The Morgan fingerprint density at radius 3 is 2.29 bits per heavy atom. The predicted molar refractivity (Wildman–Crippen MR) is 69.7 cm³/mol. The van der Waals surface area contributed by atoms with Crippen molar-refractivity contribution < 1.29 is 26.4 Å². The molecule has 0 spiro atoms. The summed E-state index contributed by atoms with van der Waals surface area (Å²) in [5.74, 6) is -0.977. The Morgan fingerprint density at radius 2 is 1.86 bits per heavy atom. The van der Waals surface area contributed by atoms with E-state index in [2.05, 4.69) is 0 Å². The van der Waals surface area contributed by atoms with Crippen LogP contribution in [-0.4, -0.2) is 26.0 Å². The lowest BCUT2D eigenvalue weighted by molar-refractivity contribution is -0.163. The highest BCUT2D eigenvalue weighted by Gasteiger charge is 2.64. The smallest absolute Gasteiger partial charge is 0.338 e. The van der Waals surface area contributed by atoms with Crippen molar-refractivity contribution in [3.05, 3.63) is 29.3 Å². The lowest BCUT2D eigenvalue weighted by Gasteiger charge is -2.20. The van der Waals surface area contributed by atoms with Gasteiger partial charge in [-0.3, -0.25) is 4.79 Å². The first kappa shape index (κ1) is 16.1. The molecule has 0 unspecified atom stereocenters. The van der Waals surface area contributed by atoms with Gasteiger partial charge in [0.05, 0.1) is 4.90 Å². The van der Waals surface area contributed by atoms with Crippen LogP contribution in [0.1, 0.15) is 28.8 Å². The molecule has 0 heterocycles. The van der Waals surface area contributed by atoms with Crippen LogP contribution in [0.3, 0.4) is 0 Å². The van der Waals surface area contributed by atoms with Gasteiger partial charge in [0, 0.05) is 16.2 Å². The first-order chi connectivity index (χ1) is 9.45. The second-order valence-electron chi connectivity index (χ2n) is 5.01. The number of nitrogens with one attached hydrogen (secondary N) is 1. The van der Waals surface area contributed by atoms with Gasteiger partial charge in [-0.15, -0.1) is 0 Å². The van der Waals surface area contributed by atoms with Crippen molar-refractivity contribution in [2.24, 2.45) is 0 Å². The monoisotopic (exact) mass is 341 g/mol. The molecule has 21 heavy (non-hydrogen) atoms. The molecule has 116 valence electrons. The minimum absolute atomic E-state index is 0.176. The first-order valence-corrected chi connectivity index (χ1v) is 8.21. The SMILES string of the molecule is Cc1cc(C(=O)NC2(C(F)(F)F)CC2)cc(S(=O)(=O)Cl)c1. The molecule has 1 saturated carbocycles. The molecule has 0 bridgehead atoms. The number of aryl methyl sites for hydroxylation is 1. The Kier molecular flexibility index (Phi) is 3.74. The second kappa shape index (κ2) is 4.88. The van der Waals surface area contributed by atoms with E-state index in [0.717, 1.165) is 6.07 Å². The first-order valence-electron chi connectivity index (χ1n) is 5.90. The fourth-order valence-electron chi connectivity index (χ4n) is 1.91. The highest BCUT2D eigenvalue weighted by molar-refractivity contribution is 8.13. The van der Waals surface area contributed by atoms with E-state index in [4.69, 9.17) is 10.7 Å². The maximum atomic E-state index is 12.8. The second-order valence-corrected chi connectivity index (χ2v) is 7.57. The van der Waals surface area contributed by atoms with Crippen molar-refractivity contribution in [3.63, 3.8) is 0 Å². The quantitative estimate of drug-likeness (QED) is 0.860. The maximum absolute atomic E-state index is 12.8. The van der Waals surface area contributed by atoms with Crippen LogP contribution >= 0.6 is 10.7 Å². The third kappa shape index (κ3) is 3.32. The van der Waals surface area contributed by atoms with Gasteiger partial charge in [-0.1, -0.05) is 0 Å². The number of benzene rings is 1. The highest BCUT2D eigenvalue weighted by atomic mass is 35.7. The molecule has 1 N–H and O–H groups in total. The van der Waals surface area contributed by atoms with Gasteiger partial charge in [-0.2, -0.15) is 13.2 Å². The molecule has 1 aromatic carbocycles. The number of amides is 1. The van der Waals surface area contributed by atoms with E-state index >= 15 is 0 Å². The highest BCUT2D eigenvalue weighted by Crippen LogP contribution is 2.49. The van der Waals surface area contributed by atoms with Crippen LogP contribution in [-0.2, 0) is 9.05 Å². The molecule has 4 nitrogen and oxygen atoms in total. The van der Waals surface area contributed by atoms with E-state index < -0.39 is 26.7 Å². The van der Waals surface area contributed by atoms with Crippen LogP contribution in [0.25, 0.3) is 0 Å². The summed E-state index contributed by atoms with van der Waals surface area (Å²) in [6.07, 6.45) is -4.91. The predicted octanol–water partition coefficient (Wildman–Crippen LogP) is 2.75. The number of hydrogen-bond donors (Lipinski definition) is 1. The summed E-state index contributed by atoms with van der Waals surface area (Å²) < 4.78 is 60.9. The zero-order valence-electron chi connectivity index (χ0n) is 10.8. The van der Waals surface area contributed by atoms with Gasteiger partial charge in [0.2, 0.25) is 0 Å². The normalized spacial score (nSPS) is 17.4. The lowest BCUT2D eigenvalue weighted by Crippen LogP contribution is -2.47. The summed E-state index contributed by atoms with van der Waals surface area (Å²) >= 11 is 0. The Balaban J connectivity index is 2.31. The third-order valence-corrected chi connectivity index (χ3v) is 4.57. The molecule has 0 saturated heterocycles. The molecule has 1 aliphatic rings. The number of carbonyl (C=O) groups is 1. The Hall–Kier alpha value is -1.28. The summed E-state index contributed by atoms with van der Waals surface area (Å²) in [6.45, 7) is 1.51. The van der Waals surface area contributed by atoms with Crippen molar-refractivity contribution in [2.45, 2.75) is 36.4 Å². The summed E-state index contributed by atoms with van der Waals surface area (Å²) in [5.41, 5.74) is -1.98. The largest absolute Gasteiger partial charge is 0.411 e. The number of hydrogen-bond acceptors (Lipinski definition) is 3. The average molecular weight is 342 g/mol. The van der Waals surface area contributed by atoms with Gasteiger partial charge in [0.25, 0.3) is 15.0 Å². The molecular formula is C12H11ClF3NO3S. The Labute approximate surface area is 123 Å². The van der Waals surface area contributed by atoms with E-state index in [1.54, 1.807) is 0 Å². The molecule has 0 atom stereocenters. The zero-order valence-corrected chi connectivity index (χ0v) is 12.4. The minimum Gasteiger partial charge on any atom is -0.338 e. The molecule has 0 aliphatic heterocycles. The third-order valence-electron chi connectivity index (χ3n) is 3.24. The topological polar surface area (TPSA) is 63.2 Å². The van der Waals surface area contributed by atoms with Crippen molar-refractivity contribution in [3.8, 4) is 0 Å². The van der Waals surface area contributed by atoms with E-state index in [9.17, 15) is 26.4 Å². The summed E-state index contributed by atoms with van der Waals surface area (Å²) in [5, 5.41) is 1.93. The van der Waals surface area contributed by atoms with E-state index in [1.807, 2.05) is 5.32 Å². The van der Waals surface area contributed by atoms with Gasteiger partial charge >= 0.3 is 6.18 Å². The zero-order chi connectivity index (χ0) is 16.1. The summed E-state index contributed by atoms with van der Waals surface area (Å²) in [6, 6.07) is 3.49. The van der Waals surface area contributed by atoms with Crippen molar-refractivity contribution in [1.82, 2.24) is 5.32 Å². The van der Waals surface area contributed by atoms with Crippen molar-refractivity contribution >= 4 is 25.6 Å². The average Bonchev–Trinajstić information content (AvgIpc) is 3.07. The van der Waals surface area contributed by atoms with Gasteiger partial charge in [-0.05, 0) is 43.5 Å². The maximum Gasteiger partial charge on any atom is 0.411 e. The molecule has 2 rings (SSSR count). The van der Waals surface area contributed by atoms with Gasteiger partial charge in [-0.25, -0.2) is 8.42 Å². The Morgan fingerprint density at radius 1 is 1.29 bits per heavy atom. The van der Waals surface area contributed by atoms with Crippen LogP contribution < -0.4 is 5.32 Å². The van der Waals surface area contributed by atoms with Crippen LogP contribution in [0.4, 0.5) is 13.2 Å². The fourth-order valence-corrected chi connectivity index (χ4v) is 2.78. The number of halogens is 4. The molecule has 1 amide bonds. The molecule has 1 aromatic rings. The van der Waals surface area contributed by atoms with E-state index in [-0.39, 0.29) is 23.3 Å². The van der Waals surface area contributed by atoms with Gasteiger partial charge in [0.15, 0.2) is 0 Å². The summed E-state index contributed by atoms with van der Waals surface area (Å²) in [7, 11) is 1.12. The van der Waals surface area contributed by atoms with E-state index in [1.165, 1.54) is 19.1 Å². The Bertz CT molecular complexity index is 696. The molecular weight excluding hydrogens is 331 g/mol. The molecule has 0 radical (unpaired) electrons. The van der Waals surface area contributed by atoms with Crippen LogP contribution in [0, 0.1) is 6.92 Å². The van der Waals surface area contributed by atoms with Crippen LogP contribution in [0.5, 0.6) is 0 Å². The van der Waals surface area contributed by atoms with Gasteiger partial charge in [0.1, 0.15) is 5.54 Å². The van der Waals surface area contributed by atoms with Crippen molar-refractivity contribution in [1.29, 1.82) is 0 Å². The summed E-state index contributed by atoms with van der Waals surface area (Å²) in [4.78, 5) is 11.6. The molecule has 1 aliphatic carbocycles. The molecule has 9 heteroatoms. The van der Waals surface area contributed by atoms with Crippen molar-refractivity contribution in [2.75, 3.05) is 0 Å². The van der Waals surface area contributed by atoms with Crippen LogP contribution in [0.2, 0.25) is 0 Å². The lowest BCUT2D eigenvalue weighted by atomic mass is 10.1. The fraction of sp³-hybridized carbons (Fsp3) is 0.417. The molecule has 1 fully saturated rings.